The molecule has 1 unspecified atom stereocenters. The number of anilines is 1. The van der Waals surface area contributed by atoms with Gasteiger partial charge in [-0.2, -0.15) is 0 Å². The summed E-state index contributed by atoms with van der Waals surface area (Å²) >= 11 is 3.60. The van der Waals surface area contributed by atoms with Gasteiger partial charge >= 0.3 is 5.91 Å². The van der Waals surface area contributed by atoms with Crippen LogP contribution in [0.4, 0.5) is 5.13 Å². The van der Waals surface area contributed by atoms with Crippen molar-refractivity contribution in [3.63, 3.8) is 0 Å². The minimum atomic E-state index is -0.783. The smallest absolute Gasteiger partial charge is 0.301 e. The van der Waals surface area contributed by atoms with Crippen molar-refractivity contribution in [1.29, 1.82) is 0 Å². The van der Waals surface area contributed by atoms with E-state index in [1.807, 2.05) is 76.2 Å². The van der Waals surface area contributed by atoms with E-state index in [9.17, 15) is 14.7 Å². The topological polar surface area (TPSA) is 70.5 Å². The first-order chi connectivity index (χ1) is 16.7. The summed E-state index contributed by atoms with van der Waals surface area (Å²) < 4.78 is 1.99. The number of thiazole rings is 1. The number of rotatable bonds is 3. The normalized spacial score (nSPS) is 17.5. The van der Waals surface area contributed by atoms with Crippen molar-refractivity contribution in [3.05, 3.63) is 97.1 Å². The zero-order valence-corrected chi connectivity index (χ0v) is 22.7. The second-order valence-electron chi connectivity index (χ2n) is 8.96. The van der Waals surface area contributed by atoms with E-state index >= 15 is 0 Å². The van der Waals surface area contributed by atoms with Crippen LogP contribution in [-0.2, 0) is 9.59 Å². The third-order valence-electron chi connectivity index (χ3n) is 6.30. The van der Waals surface area contributed by atoms with E-state index in [1.165, 1.54) is 16.2 Å². The van der Waals surface area contributed by atoms with Crippen LogP contribution >= 0.6 is 33.9 Å². The maximum absolute atomic E-state index is 13.5. The standard InChI is InChI=1S/C28H23IN2O3S/c1-14-5-6-16(3)20(12-14)25(32)22-24(18-7-9-19(29)10-8-18)31(27(34)26(22)33)28-30-23-17(4)11-15(2)13-21(23)35-28/h5-13,24,32H,1-4H3. The number of aliphatic hydroxyl groups is 1. The number of aliphatic hydroxyl groups excluding tert-OH is 1. The van der Waals surface area contributed by atoms with Gasteiger partial charge in [-0.3, -0.25) is 14.5 Å². The predicted molar refractivity (Wildman–Crippen MR) is 149 cm³/mol. The Bertz CT molecular complexity index is 1550. The molecule has 1 aliphatic rings. The highest BCUT2D eigenvalue weighted by Crippen LogP contribution is 2.45. The molecular formula is C28H23IN2O3S. The molecule has 1 aliphatic heterocycles. The van der Waals surface area contributed by atoms with E-state index in [4.69, 9.17) is 4.98 Å². The molecule has 5 nitrogen and oxygen atoms in total. The van der Waals surface area contributed by atoms with Crippen LogP contribution in [0, 0.1) is 31.3 Å². The molecule has 1 N–H and O–H groups in total. The number of hydrogen-bond donors (Lipinski definition) is 1. The number of amides is 1. The number of nitrogens with zero attached hydrogens (tertiary/aromatic N) is 2. The lowest BCUT2D eigenvalue weighted by Crippen LogP contribution is -2.29. The van der Waals surface area contributed by atoms with Crippen LogP contribution in [0.25, 0.3) is 16.0 Å². The van der Waals surface area contributed by atoms with Gasteiger partial charge in [0.25, 0.3) is 5.78 Å². The molecule has 1 amide bonds. The van der Waals surface area contributed by atoms with Crippen LogP contribution in [0.15, 0.2) is 60.2 Å². The lowest BCUT2D eigenvalue weighted by molar-refractivity contribution is -0.132. The lowest BCUT2D eigenvalue weighted by atomic mass is 9.93. The maximum atomic E-state index is 13.5. The van der Waals surface area contributed by atoms with Crippen molar-refractivity contribution in [1.82, 2.24) is 4.98 Å². The quantitative estimate of drug-likeness (QED) is 0.123. The van der Waals surface area contributed by atoms with Crippen LogP contribution in [0.2, 0.25) is 0 Å². The van der Waals surface area contributed by atoms with Crippen LogP contribution in [-0.4, -0.2) is 21.8 Å². The Labute approximate surface area is 221 Å². The number of aryl methyl sites for hydroxylation is 4. The number of aromatic nitrogens is 1. The summed E-state index contributed by atoms with van der Waals surface area (Å²) in [5.41, 5.74) is 6.08. The molecule has 1 saturated heterocycles. The van der Waals surface area contributed by atoms with Gasteiger partial charge in [-0.05, 0) is 96.8 Å². The molecule has 1 atom stereocenters. The Morgan fingerprint density at radius 3 is 2.37 bits per heavy atom. The van der Waals surface area contributed by atoms with Crippen LogP contribution in [0.3, 0.4) is 0 Å². The van der Waals surface area contributed by atoms with Crippen molar-refractivity contribution >= 4 is 66.7 Å². The van der Waals surface area contributed by atoms with E-state index in [1.54, 1.807) is 0 Å². The molecule has 0 spiro atoms. The molecule has 176 valence electrons. The second kappa shape index (κ2) is 8.87. The molecule has 2 heterocycles. The number of carbonyl (C=O) groups is 2. The van der Waals surface area contributed by atoms with Gasteiger partial charge in [0.2, 0.25) is 0 Å². The first-order valence-corrected chi connectivity index (χ1v) is 13.1. The molecule has 3 aromatic carbocycles. The number of ketones is 1. The van der Waals surface area contributed by atoms with Crippen molar-refractivity contribution in [2.24, 2.45) is 0 Å². The molecular weight excluding hydrogens is 571 g/mol. The number of benzene rings is 3. The Hall–Kier alpha value is -3.04. The molecule has 1 fully saturated rings. The van der Waals surface area contributed by atoms with Gasteiger partial charge in [0, 0.05) is 9.13 Å². The Balaban J connectivity index is 1.77. The van der Waals surface area contributed by atoms with Crippen molar-refractivity contribution in [2.75, 3.05) is 4.90 Å². The third-order valence-corrected chi connectivity index (χ3v) is 8.02. The van der Waals surface area contributed by atoms with Crippen LogP contribution in [0.5, 0.6) is 0 Å². The molecule has 0 radical (unpaired) electrons. The van der Waals surface area contributed by atoms with E-state index in [2.05, 4.69) is 28.7 Å². The van der Waals surface area contributed by atoms with E-state index in [-0.39, 0.29) is 11.3 Å². The minimum absolute atomic E-state index is 0.0806. The Morgan fingerprint density at radius 1 is 0.943 bits per heavy atom. The van der Waals surface area contributed by atoms with Gasteiger partial charge in [-0.1, -0.05) is 47.2 Å². The van der Waals surface area contributed by atoms with Crippen LogP contribution < -0.4 is 4.90 Å². The van der Waals surface area contributed by atoms with E-state index in [0.29, 0.717) is 10.7 Å². The van der Waals surface area contributed by atoms with Crippen molar-refractivity contribution in [2.45, 2.75) is 33.7 Å². The summed E-state index contributed by atoms with van der Waals surface area (Å²) in [4.78, 5) is 33.2. The van der Waals surface area contributed by atoms with Gasteiger partial charge in [-0.25, -0.2) is 4.98 Å². The number of hydrogen-bond acceptors (Lipinski definition) is 5. The zero-order chi connectivity index (χ0) is 25.0. The summed E-state index contributed by atoms with van der Waals surface area (Å²) in [5, 5.41) is 11.9. The SMILES string of the molecule is Cc1ccc(C)c(C(O)=C2C(=O)C(=O)N(c3nc4c(C)cc(C)cc4s3)C2c2ccc(I)cc2)c1. The molecule has 0 aliphatic carbocycles. The molecule has 5 rings (SSSR count). The average Bonchev–Trinajstić information content (AvgIpc) is 3.34. The van der Waals surface area contributed by atoms with Crippen LogP contribution in [0.1, 0.15) is 39.4 Å². The van der Waals surface area contributed by atoms with E-state index in [0.717, 1.165) is 41.6 Å². The molecule has 0 saturated carbocycles. The number of Topliss-reactive ketones (excluding diaryl/α,β-unsaturated/α-hetero) is 1. The highest BCUT2D eigenvalue weighted by Gasteiger charge is 2.48. The molecule has 7 heteroatoms. The largest absolute Gasteiger partial charge is 0.507 e. The number of halogens is 1. The fourth-order valence-corrected chi connectivity index (χ4v) is 6.12. The molecule has 4 aromatic rings. The predicted octanol–water partition coefficient (Wildman–Crippen LogP) is 6.76. The highest BCUT2D eigenvalue weighted by atomic mass is 127. The van der Waals surface area contributed by atoms with Gasteiger partial charge in [0.05, 0.1) is 21.8 Å². The summed E-state index contributed by atoms with van der Waals surface area (Å²) in [6.45, 7) is 7.82. The van der Waals surface area contributed by atoms with Gasteiger partial charge in [0.1, 0.15) is 5.76 Å². The van der Waals surface area contributed by atoms with Crippen molar-refractivity contribution in [3.8, 4) is 0 Å². The minimum Gasteiger partial charge on any atom is -0.507 e. The van der Waals surface area contributed by atoms with Gasteiger partial charge in [-0.15, -0.1) is 0 Å². The maximum Gasteiger partial charge on any atom is 0.301 e. The molecule has 0 bridgehead atoms. The summed E-state index contributed by atoms with van der Waals surface area (Å²) in [6, 6.07) is 16.6. The summed E-state index contributed by atoms with van der Waals surface area (Å²) in [7, 11) is 0. The zero-order valence-electron chi connectivity index (χ0n) is 19.7. The third kappa shape index (κ3) is 4.06. The fourth-order valence-electron chi connectivity index (χ4n) is 4.59. The first kappa shape index (κ1) is 23.7. The molecule has 35 heavy (non-hydrogen) atoms. The Kier molecular flexibility index (Phi) is 6.01. The fraction of sp³-hybridized carbons (Fsp3) is 0.179. The lowest BCUT2D eigenvalue weighted by Gasteiger charge is -2.23. The molecule has 1 aromatic heterocycles. The summed E-state index contributed by atoms with van der Waals surface area (Å²) in [6.07, 6.45) is 0. The number of carbonyl (C=O) groups excluding carboxylic acids is 2. The Morgan fingerprint density at radius 2 is 1.66 bits per heavy atom. The van der Waals surface area contributed by atoms with E-state index < -0.39 is 17.7 Å². The number of fused-ring (bicyclic) bond motifs is 1. The monoisotopic (exact) mass is 594 g/mol. The second-order valence-corrected chi connectivity index (χ2v) is 11.2. The summed E-state index contributed by atoms with van der Waals surface area (Å²) in [5.74, 6) is -1.56. The van der Waals surface area contributed by atoms with Gasteiger partial charge < -0.3 is 5.11 Å². The van der Waals surface area contributed by atoms with Gasteiger partial charge in [0.15, 0.2) is 5.13 Å². The average molecular weight is 594 g/mol. The first-order valence-electron chi connectivity index (χ1n) is 11.2. The highest BCUT2D eigenvalue weighted by molar-refractivity contribution is 14.1. The van der Waals surface area contributed by atoms with Crippen molar-refractivity contribution < 1.29 is 14.7 Å².